The Bertz CT molecular complexity index is 374. The first-order valence-electron chi connectivity index (χ1n) is 6.59. The number of carbonyl (C=O) groups is 1. The molecule has 3 atom stereocenters. The molecule has 1 aromatic carbocycles. The minimum atomic E-state index is 0.231. The van der Waals surface area contributed by atoms with Crippen LogP contribution in [0.4, 0.5) is 0 Å². The molecule has 0 aromatic heterocycles. The molecular formula is C15H22NO+. The number of carbonyl (C=O) groups excluding carboxylic acids is 1. The van der Waals surface area contributed by atoms with Crippen molar-refractivity contribution in [3.05, 3.63) is 35.9 Å². The maximum atomic E-state index is 11.6. The second-order valence-electron chi connectivity index (χ2n) is 5.19. The quantitative estimate of drug-likeness (QED) is 0.828. The SMILES string of the molecule is C[C@@H]1C(=O)CC[NH+](CCc2ccccc2)[C@H]1C. The van der Waals surface area contributed by atoms with Crippen molar-refractivity contribution in [2.45, 2.75) is 32.7 Å². The Morgan fingerprint density at radius 2 is 1.94 bits per heavy atom. The number of Topliss-reactive ketones (excluding diaryl/α,β-unsaturated/α-hetero) is 1. The molecule has 2 nitrogen and oxygen atoms in total. The molecule has 2 rings (SSSR count). The number of nitrogens with one attached hydrogen (secondary N) is 1. The monoisotopic (exact) mass is 232 g/mol. The van der Waals surface area contributed by atoms with Gasteiger partial charge in [0, 0.05) is 6.42 Å². The molecule has 17 heavy (non-hydrogen) atoms. The van der Waals surface area contributed by atoms with Crippen LogP contribution in [0, 0.1) is 5.92 Å². The van der Waals surface area contributed by atoms with E-state index in [1.54, 1.807) is 4.90 Å². The van der Waals surface area contributed by atoms with Gasteiger partial charge in [0.25, 0.3) is 0 Å². The summed E-state index contributed by atoms with van der Waals surface area (Å²) in [6.45, 7) is 6.44. The highest BCUT2D eigenvalue weighted by atomic mass is 16.1. The van der Waals surface area contributed by atoms with Crippen molar-refractivity contribution in [3.8, 4) is 0 Å². The first-order valence-corrected chi connectivity index (χ1v) is 6.59. The average molecular weight is 232 g/mol. The van der Waals surface area contributed by atoms with Gasteiger partial charge in [-0.3, -0.25) is 4.79 Å². The number of ketones is 1. The van der Waals surface area contributed by atoms with Gasteiger partial charge in [-0.15, -0.1) is 0 Å². The summed E-state index contributed by atoms with van der Waals surface area (Å²) < 4.78 is 0. The van der Waals surface area contributed by atoms with Gasteiger partial charge in [0.05, 0.1) is 31.5 Å². The van der Waals surface area contributed by atoms with Crippen LogP contribution in [0.1, 0.15) is 25.8 Å². The van der Waals surface area contributed by atoms with Gasteiger partial charge in [0.15, 0.2) is 0 Å². The zero-order valence-corrected chi connectivity index (χ0v) is 10.8. The van der Waals surface area contributed by atoms with Gasteiger partial charge in [0.1, 0.15) is 5.78 Å². The maximum Gasteiger partial charge on any atom is 0.147 e. The van der Waals surface area contributed by atoms with Gasteiger partial charge in [-0.25, -0.2) is 0 Å². The van der Waals surface area contributed by atoms with E-state index < -0.39 is 0 Å². The van der Waals surface area contributed by atoms with E-state index in [1.807, 2.05) is 0 Å². The lowest BCUT2D eigenvalue weighted by atomic mass is 9.90. The average Bonchev–Trinajstić information content (AvgIpc) is 2.36. The third-order valence-electron chi connectivity index (χ3n) is 4.17. The van der Waals surface area contributed by atoms with Crippen LogP contribution in [-0.4, -0.2) is 24.9 Å². The van der Waals surface area contributed by atoms with Crippen molar-refractivity contribution in [3.63, 3.8) is 0 Å². The van der Waals surface area contributed by atoms with Crippen LogP contribution in [-0.2, 0) is 11.2 Å². The first-order chi connectivity index (χ1) is 8.18. The van der Waals surface area contributed by atoms with Crippen LogP contribution in [0.5, 0.6) is 0 Å². The molecule has 0 radical (unpaired) electrons. The summed E-state index contributed by atoms with van der Waals surface area (Å²) in [6, 6.07) is 11.1. The van der Waals surface area contributed by atoms with E-state index in [2.05, 4.69) is 44.2 Å². The van der Waals surface area contributed by atoms with Gasteiger partial charge >= 0.3 is 0 Å². The minimum Gasteiger partial charge on any atom is -0.332 e. The Kier molecular flexibility index (Phi) is 3.95. The molecule has 1 aliphatic heterocycles. The summed E-state index contributed by atoms with van der Waals surface area (Å²) >= 11 is 0. The van der Waals surface area contributed by atoms with Crippen LogP contribution < -0.4 is 4.90 Å². The smallest absolute Gasteiger partial charge is 0.147 e. The van der Waals surface area contributed by atoms with Crippen LogP contribution in [0.2, 0.25) is 0 Å². The number of likely N-dealkylation sites (tertiary alicyclic amines) is 1. The van der Waals surface area contributed by atoms with Gasteiger partial charge in [0.2, 0.25) is 0 Å². The van der Waals surface area contributed by atoms with Gasteiger partial charge < -0.3 is 4.90 Å². The van der Waals surface area contributed by atoms with Crippen molar-refractivity contribution in [1.82, 2.24) is 0 Å². The standard InChI is InChI=1S/C15H21NO/c1-12-13(2)16(11-9-15(12)17)10-8-14-6-4-3-5-7-14/h3-7,12-13H,8-11H2,1-2H3/p+1/t12-,13-/m0/s1. The predicted molar refractivity (Wildman–Crippen MR) is 69.1 cm³/mol. The Hall–Kier alpha value is -1.15. The molecule has 1 N–H and O–H groups in total. The Morgan fingerprint density at radius 3 is 2.65 bits per heavy atom. The largest absolute Gasteiger partial charge is 0.332 e. The number of rotatable bonds is 3. The maximum absolute atomic E-state index is 11.6. The molecule has 0 aliphatic carbocycles. The van der Waals surface area contributed by atoms with Gasteiger partial charge in [-0.05, 0) is 19.4 Å². The van der Waals surface area contributed by atoms with Crippen molar-refractivity contribution in [1.29, 1.82) is 0 Å². The van der Waals surface area contributed by atoms with Crippen LogP contribution in [0.25, 0.3) is 0 Å². The fourth-order valence-corrected chi connectivity index (χ4v) is 2.67. The van der Waals surface area contributed by atoms with E-state index in [-0.39, 0.29) is 5.92 Å². The summed E-state index contributed by atoms with van der Waals surface area (Å²) in [5.74, 6) is 0.676. The molecule has 0 amide bonds. The fourth-order valence-electron chi connectivity index (χ4n) is 2.67. The third kappa shape index (κ3) is 2.95. The Labute approximate surface area is 104 Å². The van der Waals surface area contributed by atoms with E-state index in [1.165, 1.54) is 5.56 Å². The molecule has 0 spiro atoms. The topological polar surface area (TPSA) is 21.5 Å². The molecular weight excluding hydrogens is 210 g/mol. The molecule has 1 heterocycles. The fraction of sp³-hybridized carbons (Fsp3) is 0.533. The van der Waals surface area contributed by atoms with Crippen molar-refractivity contribution in [2.75, 3.05) is 13.1 Å². The minimum absolute atomic E-state index is 0.231. The highest BCUT2D eigenvalue weighted by Gasteiger charge is 2.33. The van der Waals surface area contributed by atoms with Crippen LogP contribution in [0.3, 0.4) is 0 Å². The number of hydrogen-bond acceptors (Lipinski definition) is 1. The summed E-state index contributed by atoms with van der Waals surface area (Å²) in [4.78, 5) is 13.2. The van der Waals surface area contributed by atoms with Gasteiger partial charge in [-0.2, -0.15) is 0 Å². The number of benzene rings is 1. The summed E-state index contributed by atoms with van der Waals surface area (Å²) in [6.07, 6.45) is 1.87. The van der Waals surface area contributed by atoms with E-state index in [0.29, 0.717) is 11.8 Å². The number of hydrogen-bond donors (Lipinski definition) is 1. The van der Waals surface area contributed by atoms with E-state index >= 15 is 0 Å². The number of quaternary nitrogens is 1. The van der Waals surface area contributed by atoms with Crippen LogP contribution in [0.15, 0.2) is 30.3 Å². The second kappa shape index (κ2) is 5.46. The van der Waals surface area contributed by atoms with Crippen molar-refractivity contribution < 1.29 is 9.69 Å². The molecule has 1 fully saturated rings. The van der Waals surface area contributed by atoms with Crippen molar-refractivity contribution in [2.24, 2.45) is 5.92 Å². The number of piperidine rings is 1. The molecule has 0 bridgehead atoms. The van der Waals surface area contributed by atoms with E-state index in [9.17, 15) is 4.79 Å². The zero-order valence-electron chi connectivity index (χ0n) is 10.8. The molecule has 92 valence electrons. The second-order valence-corrected chi connectivity index (χ2v) is 5.19. The highest BCUT2D eigenvalue weighted by molar-refractivity contribution is 5.81. The third-order valence-corrected chi connectivity index (χ3v) is 4.17. The lowest BCUT2D eigenvalue weighted by Crippen LogP contribution is -3.17. The summed E-state index contributed by atoms with van der Waals surface area (Å²) in [5, 5.41) is 0. The highest BCUT2D eigenvalue weighted by Crippen LogP contribution is 2.08. The zero-order chi connectivity index (χ0) is 12.3. The molecule has 1 aliphatic rings. The van der Waals surface area contributed by atoms with Gasteiger partial charge in [-0.1, -0.05) is 30.3 Å². The lowest BCUT2D eigenvalue weighted by molar-refractivity contribution is -0.928. The molecule has 1 saturated heterocycles. The van der Waals surface area contributed by atoms with E-state index in [0.717, 1.165) is 25.9 Å². The summed E-state index contributed by atoms with van der Waals surface area (Å²) in [7, 11) is 0. The van der Waals surface area contributed by atoms with E-state index in [4.69, 9.17) is 0 Å². The first kappa shape index (κ1) is 12.3. The molecule has 0 saturated carbocycles. The van der Waals surface area contributed by atoms with Crippen LogP contribution >= 0.6 is 0 Å². The summed E-state index contributed by atoms with van der Waals surface area (Å²) in [5.41, 5.74) is 1.40. The Balaban J connectivity index is 1.89. The normalized spacial score (nSPS) is 29.3. The molecule has 1 aromatic rings. The molecule has 1 unspecified atom stereocenters. The molecule has 2 heteroatoms. The van der Waals surface area contributed by atoms with Crippen molar-refractivity contribution >= 4 is 5.78 Å². The lowest BCUT2D eigenvalue weighted by Gasteiger charge is -2.33. The predicted octanol–water partition coefficient (Wildman–Crippen LogP) is 1.11. The Morgan fingerprint density at radius 1 is 1.24 bits per heavy atom.